The molecule has 0 aliphatic carbocycles. The van der Waals surface area contributed by atoms with Crippen LogP contribution in [0.25, 0.3) is 0 Å². The van der Waals surface area contributed by atoms with Gasteiger partial charge in [0.25, 0.3) is 0 Å². The van der Waals surface area contributed by atoms with Gasteiger partial charge >= 0.3 is 12.1 Å². The van der Waals surface area contributed by atoms with Gasteiger partial charge in [-0.25, -0.2) is 9.59 Å². The molecule has 1 aromatic carbocycles. The minimum atomic E-state index is -0.802. The zero-order valence-corrected chi connectivity index (χ0v) is 12.5. The second-order valence-electron chi connectivity index (χ2n) is 4.98. The van der Waals surface area contributed by atoms with Crippen LogP contribution < -0.4 is 4.74 Å². The van der Waals surface area contributed by atoms with E-state index in [0.717, 1.165) is 5.56 Å². The Morgan fingerprint density at radius 3 is 2.55 bits per heavy atom. The molecular weight excluding hydrogens is 290 g/mol. The molecule has 1 aliphatic rings. The maximum atomic E-state index is 12.1. The topological polar surface area (TPSA) is 85.3 Å². The van der Waals surface area contributed by atoms with Gasteiger partial charge in [0.05, 0.1) is 26.9 Å². The number of β-amino-alcohol motifs (C(OH)–C–C–N with tert-alkyl or cyclic N) is 1. The molecule has 1 amide bonds. The number of carbonyl (C=O) groups is 2. The average molecular weight is 309 g/mol. The second-order valence-corrected chi connectivity index (χ2v) is 4.98. The van der Waals surface area contributed by atoms with E-state index in [1.807, 2.05) is 0 Å². The lowest BCUT2D eigenvalue weighted by molar-refractivity contribution is -0.145. The van der Waals surface area contributed by atoms with Crippen molar-refractivity contribution in [3.63, 3.8) is 0 Å². The highest BCUT2D eigenvalue weighted by atomic mass is 16.6. The predicted molar refractivity (Wildman–Crippen MR) is 76.3 cm³/mol. The summed E-state index contributed by atoms with van der Waals surface area (Å²) in [7, 11) is 2.81. The van der Waals surface area contributed by atoms with Gasteiger partial charge in [0.15, 0.2) is 0 Å². The molecule has 2 atom stereocenters. The third-order valence-electron chi connectivity index (χ3n) is 3.51. The molecule has 1 aromatic rings. The van der Waals surface area contributed by atoms with Gasteiger partial charge in [-0.15, -0.1) is 0 Å². The molecule has 22 heavy (non-hydrogen) atoms. The molecule has 7 nitrogen and oxygen atoms in total. The van der Waals surface area contributed by atoms with Crippen LogP contribution in [0.15, 0.2) is 24.3 Å². The fraction of sp³-hybridized carbons (Fsp3) is 0.467. The van der Waals surface area contributed by atoms with Crippen molar-refractivity contribution in [1.29, 1.82) is 0 Å². The molecular formula is C15H19NO6. The van der Waals surface area contributed by atoms with Crippen LogP contribution in [0.2, 0.25) is 0 Å². The molecule has 1 heterocycles. The van der Waals surface area contributed by atoms with Crippen LogP contribution in [0.3, 0.4) is 0 Å². The van der Waals surface area contributed by atoms with Crippen molar-refractivity contribution in [3.8, 4) is 5.75 Å². The van der Waals surface area contributed by atoms with Gasteiger partial charge in [-0.3, -0.25) is 4.90 Å². The quantitative estimate of drug-likeness (QED) is 0.833. The van der Waals surface area contributed by atoms with Crippen molar-refractivity contribution < 1.29 is 28.9 Å². The summed E-state index contributed by atoms with van der Waals surface area (Å²) in [4.78, 5) is 24.9. The first-order chi connectivity index (χ1) is 10.5. The van der Waals surface area contributed by atoms with E-state index < -0.39 is 24.2 Å². The minimum Gasteiger partial charge on any atom is -0.497 e. The third kappa shape index (κ3) is 3.67. The van der Waals surface area contributed by atoms with Gasteiger partial charge in [-0.2, -0.15) is 0 Å². The average Bonchev–Trinajstić information content (AvgIpc) is 2.94. The maximum Gasteiger partial charge on any atom is 0.410 e. The Hall–Kier alpha value is -2.28. The van der Waals surface area contributed by atoms with Gasteiger partial charge in [0, 0.05) is 6.42 Å². The number of hydrogen-bond donors (Lipinski definition) is 1. The van der Waals surface area contributed by atoms with Gasteiger partial charge in [0.2, 0.25) is 0 Å². The fourth-order valence-corrected chi connectivity index (χ4v) is 2.32. The molecule has 1 fully saturated rings. The summed E-state index contributed by atoms with van der Waals surface area (Å²) in [5.74, 6) is 0.154. The molecule has 0 aromatic heterocycles. The monoisotopic (exact) mass is 309 g/mol. The third-order valence-corrected chi connectivity index (χ3v) is 3.51. The van der Waals surface area contributed by atoms with Gasteiger partial charge < -0.3 is 19.3 Å². The standard InChI is InChI=1S/C15H19NO6/c1-20-12-5-3-10(4-6-12)9-22-15(19)16-8-11(17)7-13(16)14(18)21-2/h3-6,11,13,17H,7-9H2,1-2H3/t11-,13+/m1/s1. The largest absolute Gasteiger partial charge is 0.497 e. The van der Waals surface area contributed by atoms with Crippen molar-refractivity contribution in [2.75, 3.05) is 20.8 Å². The molecule has 0 saturated carbocycles. The summed E-state index contributed by atoms with van der Waals surface area (Å²) in [5, 5.41) is 9.64. The number of likely N-dealkylation sites (tertiary alicyclic amines) is 1. The number of ether oxygens (including phenoxy) is 3. The van der Waals surface area contributed by atoms with Crippen molar-refractivity contribution in [2.24, 2.45) is 0 Å². The van der Waals surface area contributed by atoms with Crippen LogP contribution in [0.1, 0.15) is 12.0 Å². The van der Waals surface area contributed by atoms with Crippen LogP contribution in [0.5, 0.6) is 5.75 Å². The number of esters is 1. The van der Waals surface area contributed by atoms with E-state index >= 15 is 0 Å². The van der Waals surface area contributed by atoms with E-state index in [2.05, 4.69) is 4.74 Å². The van der Waals surface area contributed by atoms with Crippen LogP contribution >= 0.6 is 0 Å². The first-order valence-corrected chi connectivity index (χ1v) is 6.87. The zero-order chi connectivity index (χ0) is 16.1. The van der Waals surface area contributed by atoms with E-state index in [-0.39, 0.29) is 19.6 Å². The van der Waals surface area contributed by atoms with E-state index in [1.54, 1.807) is 31.4 Å². The summed E-state index contributed by atoms with van der Waals surface area (Å²) in [6, 6.07) is 6.29. The number of rotatable bonds is 4. The lowest BCUT2D eigenvalue weighted by Gasteiger charge is -2.21. The maximum absolute atomic E-state index is 12.1. The van der Waals surface area contributed by atoms with Gasteiger partial charge in [-0.1, -0.05) is 12.1 Å². The Morgan fingerprint density at radius 1 is 1.27 bits per heavy atom. The molecule has 2 rings (SSSR count). The Bertz CT molecular complexity index is 529. The number of hydrogen-bond acceptors (Lipinski definition) is 6. The SMILES string of the molecule is COC(=O)[C@@H]1C[C@@H](O)CN1C(=O)OCc1ccc(OC)cc1. The fourth-order valence-electron chi connectivity index (χ4n) is 2.32. The zero-order valence-electron chi connectivity index (χ0n) is 12.5. The first kappa shape index (κ1) is 16.1. The van der Waals surface area contributed by atoms with Crippen molar-refractivity contribution in [3.05, 3.63) is 29.8 Å². The lowest BCUT2D eigenvalue weighted by atomic mass is 10.2. The molecule has 0 radical (unpaired) electrons. The van der Waals surface area contributed by atoms with Crippen molar-refractivity contribution in [2.45, 2.75) is 25.2 Å². The number of aliphatic hydroxyl groups is 1. The highest BCUT2D eigenvalue weighted by molar-refractivity contribution is 5.82. The number of methoxy groups -OCH3 is 2. The Morgan fingerprint density at radius 2 is 1.95 bits per heavy atom. The molecule has 0 unspecified atom stereocenters. The van der Waals surface area contributed by atoms with Gasteiger partial charge in [-0.05, 0) is 17.7 Å². The normalized spacial score (nSPS) is 20.6. The van der Waals surface area contributed by atoms with Gasteiger partial charge in [0.1, 0.15) is 18.4 Å². The van der Waals surface area contributed by atoms with E-state index in [4.69, 9.17) is 9.47 Å². The van der Waals surface area contributed by atoms with E-state index in [1.165, 1.54) is 12.0 Å². The summed E-state index contributed by atoms with van der Waals surface area (Å²) in [5.41, 5.74) is 0.795. The van der Waals surface area contributed by atoms with E-state index in [9.17, 15) is 14.7 Å². The molecule has 1 saturated heterocycles. The summed E-state index contributed by atoms with van der Waals surface area (Å²) >= 11 is 0. The van der Waals surface area contributed by atoms with Crippen molar-refractivity contribution in [1.82, 2.24) is 4.90 Å². The Kier molecular flexibility index (Phi) is 5.21. The molecule has 0 spiro atoms. The van der Waals surface area contributed by atoms with Crippen LogP contribution in [-0.2, 0) is 20.9 Å². The molecule has 1 aliphatic heterocycles. The predicted octanol–water partition coefficient (Wildman–Crippen LogP) is 0.940. The summed E-state index contributed by atoms with van der Waals surface area (Å²) in [6.45, 7) is 0.129. The van der Waals surface area contributed by atoms with Crippen LogP contribution in [-0.4, -0.2) is 55.0 Å². The van der Waals surface area contributed by atoms with Crippen molar-refractivity contribution >= 4 is 12.1 Å². The Labute approximate surface area is 128 Å². The van der Waals surface area contributed by atoms with Crippen LogP contribution in [0.4, 0.5) is 4.79 Å². The molecule has 7 heteroatoms. The number of benzene rings is 1. The Balaban J connectivity index is 1.94. The molecule has 120 valence electrons. The first-order valence-electron chi connectivity index (χ1n) is 6.87. The number of carbonyl (C=O) groups excluding carboxylic acids is 2. The highest BCUT2D eigenvalue weighted by Gasteiger charge is 2.40. The summed E-state index contributed by atoms with van der Waals surface area (Å²) < 4.78 is 14.9. The summed E-state index contributed by atoms with van der Waals surface area (Å²) in [6.07, 6.45) is -1.25. The van der Waals surface area contributed by atoms with E-state index in [0.29, 0.717) is 5.75 Å². The molecule has 1 N–H and O–H groups in total. The highest BCUT2D eigenvalue weighted by Crippen LogP contribution is 2.21. The van der Waals surface area contributed by atoms with Crippen LogP contribution in [0, 0.1) is 0 Å². The lowest BCUT2D eigenvalue weighted by Crippen LogP contribution is -2.41. The molecule has 0 bridgehead atoms. The second kappa shape index (κ2) is 7.13. The number of aliphatic hydroxyl groups excluding tert-OH is 1. The minimum absolute atomic E-state index is 0.0568. The smallest absolute Gasteiger partial charge is 0.410 e. The number of amides is 1. The number of nitrogens with zero attached hydrogens (tertiary/aromatic N) is 1.